The maximum absolute atomic E-state index is 11.1. The molecule has 1 aliphatic rings. The second-order valence-corrected chi connectivity index (χ2v) is 3.82. The van der Waals surface area contributed by atoms with Gasteiger partial charge >= 0.3 is 5.97 Å². The maximum atomic E-state index is 11.1. The second kappa shape index (κ2) is 5.09. The van der Waals surface area contributed by atoms with Crippen LogP contribution >= 0.6 is 0 Å². The first-order valence-electron chi connectivity index (χ1n) is 4.75. The Balaban J connectivity index is 2.06. The Hall–Kier alpha value is -1.14. The first kappa shape index (κ1) is 11.9. The van der Waals surface area contributed by atoms with E-state index in [1.165, 1.54) is 0 Å². The van der Waals surface area contributed by atoms with Gasteiger partial charge in [0.2, 0.25) is 5.91 Å². The number of carboxylic acid groups (broad SMARTS) is 1. The van der Waals surface area contributed by atoms with Crippen molar-refractivity contribution >= 4 is 11.9 Å². The predicted molar refractivity (Wildman–Crippen MR) is 50.2 cm³/mol. The molecule has 0 unspecified atom stereocenters. The molecule has 0 spiro atoms. The van der Waals surface area contributed by atoms with Crippen LogP contribution in [0.4, 0.5) is 0 Å². The average molecular weight is 217 g/mol. The molecule has 0 bridgehead atoms. The summed E-state index contributed by atoms with van der Waals surface area (Å²) in [6.45, 7) is -0.228. The highest BCUT2D eigenvalue weighted by atomic mass is 16.5. The summed E-state index contributed by atoms with van der Waals surface area (Å²) in [5.41, 5.74) is -0.136. The van der Waals surface area contributed by atoms with Gasteiger partial charge in [0.15, 0.2) is 0 Å². The third-order valence-corrected chi connectivity index (χ3v) is 2.41. The number of carbonyl (C=O) groups excluding carboxylic acids is 1. The molecule has 1 saturated carbocycles. The molecule has 86 valence electrons. The van der Waals surface area contributed by atoms with Crippen molar-refractivity contribution in [2.75, 3.05) is 26.4 Å². The van der Waals surface area contributed by atoms with E-state index in [4.69, 9.17) is 10.2 Å². The first-order valence-corrected chi connectivity index (χ1v) is 4.75. The molecule has 1 fully saturated rings. The van der Waals surface area contributed by atoms with Crippen molar-refractivity contribution in [3.05, 3.63) is 0 Å². The molecular weight excluding hydrogens is 202 g/mol. The number of ether oxygens (including phenoxy) is 1. The van der Waals surface area contributed by atoms with Crippen LogP contribution in [0.5, 0.6) is 0 Å². The molecule has 0 aromatic carbocycles. The van der Waals surface area contributed by atoms with E-state index in [-0.39, 0.29) is 24.5 Å². The van der Waals surface area contributed by atoms with Gasteiger partial charge in [0.25, 0.3) is 0 Å². The zero-order valence-corrected chi connectivity index (χ0v) is 8.36. The number of aliphatic carboxylic acids is 1. The van der Waals surface area contributed by atoms with Gasteiger partial charge in [-0.15, -0.1) is 0 Å². The quantitative estimate of drug-likeness (QED) is 0.507. The summed E-state index contributed by atoms with van der Waals surface area (Å²) in [7, 11) is 0. The van der Waals surface area contributed by atoms with Gasteiger partial charge in [-0.3, -0.25) is 4.79 Å². The van der Waals surface area contributed by atoms with Gasteiger partial charge in [0.05, 0.1) is 6.61 Å². The van der Waals surface area contributed by atoms with E-state index < -0.39 is 12.6 Å². The number of amides is 1. The zero-order chi connectivity index (χ0) is 11.3. The fourth-order valence-electron chi connectivity index (χ4n) is 1.14. The number of nitrogens with one attached hydrogen (secondary N) is 1. The summed E-state index contributed by atoms with van der Waals surface area (Å²) in [5, 5.41) is 19.8. The van der Waals surface area contributed by atoms with Gasteiger partial charge in [-0.25, -0.2) is 4.79 Å². The van der Waals surface area contributed by atoms with Crippen LogP contribution < -0.4 is 5.32 Å². The highest BCUT2D eigenvalue weighted by molar-refractivity contribution is 5.77. The van der Waals surface area contributed by atoms with E-state index in [1.54, 1.807) is 0 Å². The molecule has 15 heavy (non-hydrogen) atoms. The molecule has 0 saturated heterocycles. The lowest BCUT2D eigenvalue weighted by Gasteiger charge is -2.12. The van der Waals surface area contributed by atoms with Gasteiger partial charge in [-0.1, -0.05) is 0 Å². The van der Waals surface area contributed by atoms with Crippen LogP contribution in [0.3, 0.4) is 0 Å². The fourth-order valence-corrected chi connectivity index (χ4v) is 1.14. The molecule has 0 atom stereocenters. The van der Waals surface area contributed by atoms with E-state index in [9.17, 15) is 9.59 Å². The van der Waals surface area contributed by atoms with E-state index in [0.29, 0.717) is 6.54 Å². The minimum Gasteiger partial charge on any atom is -0.480 e. The smallest absolute Gasteiger partial charge is 0.329 e. The molecule has 0 heterocycles. The van der Waals surface area contributed by atoms with Crippen LogP contribution in [-0.2, 0) is 14.3 Å². The molecule has 1 rings (SSSR count). The number of hydrogen-bond donors (Lipinski definition) is 3. The Morgan fingerprint density at radius 2 is 2.00 bits per heavy atom. The number of carbonyl (C=O) groups is 2. The largest absolute Gasteiger partial charge is 0.480 e. The van der Waals surface area contributed by atoms with Crippen molar-refractivity contribution in [2.45, 2.75) is 12.8 Å². The Labute approximate surface area is 87.2 Å². The predicted octanol–water partition coefficient (Wildman–Crippen LogP) is -1.02. The number of aliphatic hydroxyl groups excluding tert-OH is 1. The molecule has 0 aromatic rings. The van der Waals surface area contributed by atoms with Crippen LogP contribution in [0.25, 0.3) is 0 Å². The lowest BCUT2D eigenvalue weighted by molar-refractivity contribution is -0.143. The second-order valence-electron chi connectivity index (χ2n) is 3.82. The summed E-state index contributed by atoms with van der Waals surface area (Å²) in [6, 6.07) is 0. The van der Waals surface area contributed by atoms with E-state index in [1.807, 2.05) is 0 Å². The normalized spacial score (nSPS) is 17.1. The fraction of sp³-hybridized carbons (Fsp3) is 0.778. The lowest BCUT2D eigenvalue weighted by Crippen LogP contribution is -2.34. The van der Waals surface area contributed by atoms with Gasteiger partial charge in [0, 0.05) is 12.0 Å². The average Bonchev–Trinajstić information content (AvgIpc) is 2.95. The molecule has 0 aromatic heterocycles. The van der Waals surface area contributed by atoms with Gasteiger partial charge in [0.1, 0.15) is 13.2 Å². The number of carboxylic acids is 1. The van der Waals surface area contributed by atoms with Crippen LogP contribution in [0.15, 0.2) is 0 Å². The maximum Gasteiger partial charge on any atom is 0.329 e. The van der Waals surface area contributed by atoms with Crippen LogP contribution in [0.1, 0.15) is 12.8 Å². The first-order chi connectivity index (χ1) is 7.08. The SMILES string of the molecule is O=C(O)COCC(=O)NCC1(CO)CC1. The number of rotatable bonds is 7. The highest BCUT2D eigenvalue weighted by Gasteiger charge is 2.41. The summed E-state index contributed by atoms with van der Waals surface area (Å²) in [6.07, 6.45) is 1.83. The summed E-state index contributed by atoms with van der Waals surface area (Å²) >= 11 is 0. The van der Waals surface area contributed by atoms with Crippen molar-refractivity contribution in [3.63, 3.8) is 0 Å². The molecule has 3 N–H and O–H groups in total. The standard InChI is InChI=1S/C9H15NO5/c11-6-9(1-2-9)5-10-7(12)3-15-4-8(13)14/h11H,1-6H2,(H,10,12)(H,13,14). The molecular formula is C9H15NO5. The third-order valence-electron chi connectivity index (χ3n) is 2.41. The topological polar surface area (TPSA) is 95.9 Å². The Morgan fingerprint density at radius 3 is 2.47 bits per heavy atom. The van der Waals surface area contributed by atoms with Crippen molar-refractivity contribution in [2.24, 2.45) is 5.41 Å². The third kappa shape index (κ3) is 4.26. The van der Waals surface area contributed by atoms with Gasteiger partial charge in [-0.05, 0) is 12.8 Å². The molecule has 6 nitrogen and oxygen atoms in total. The molecule has 0 radical (unpaired) electrons. The van der Waals surface area contributed by atoms with Crippen LogP contribution in [0.2, 0.25) is 0 Å². The minimum atomic E-state index is -1.10. The van der Waals surface area contributed by atoms with Crippen molar-refractivity contribution in [1.29, 1.82) is 0 Å². The zero-order valence-electron chi connectivity index (χ0n) is 8.36. The molecule has 1 amide bonds. The summed E-state index contributed by atoms with van der Waals surface area (Å²) < 4.78 is 4.60. The molecule has 1 aliphatic carbocycles. The van der Waals surface area contributed by atoms with Crippen LogP contribution in [0, 0.1) is 5.41 Å². The Morgan fingerprint density at radius 1 is 1.33 bits per heavy atom. The number of hydrogen-bond acceptors (Lipinski definition) is 4. The summed E-state index contributed by atoms with van der Waals surface area (Å²) in [4.78, 5) is 21.2. The van der Waals surface area contributed by atoms with Crippen molar-refractivity contribution in [3.8, 4) is 0 Å². The Kier molecular flexibility index (Phi) is 4.05. The van der Waals surface area contributed by atoms with E-state index in [2.05, 4.69) is 10.1 Å². The highest BCUT2D eigenvalue weighted by Crippen LogP contribution is 2.44. The van der Waals surface area contributed by atoms with E-state index in [0.717, 1.165) is 12.8 Å². The van der Waals surface area contributed by atoms with Gasteiger partial charge in [-0.2, -0.15) is 0 Å². The number of aliphatic hydroxyl groups is 1. The molecule has 0 aliphatic heterocycles. The van der Waals surface area contributed by atoms with E-state index >= 15 is 0 Å². The van der Waals surface area contributed by atoms with Gasteiger partial charge < -0.3 is 20.3 Å². The van der Waals surface area contributed by atoms with Crippen molar-refractivity contribution < 1.29 is 24.5 Å². The molecule has 6 heteroatoms. The van der Waals surface area contributed by atoms with Crippen molar-refractivity contribution in [1.82, 2.24) is 5.32 Å². The lowest BCUT2D eigenvalue weighted by atomic mass is 10.1. The van der Waals surface area contributed by atoms with Crippen LogP contribution in [-0.4, -0.2) is 48.5 Å². The summed E-state index contributed by atoms with van der Waals surface area (Å²) in [5.74, 6) is -1.45. The monoisotopic (exact) mass is 217 g/mol. The minimum absolute atomic E-state index is 0.0727. The Bertz CT molecular complexity index is 249.